The molecule has 1 aromatic rings. The average Bonchev–Trinajstić information content (AvgIpc) is 2.68. The van der Waals surface area contributed by atoms with E-state index in [1.165, 1.54) is 0 Å². The van der Waals surface area contributed by atoms with Crippen molar-refractivity contribution in [1.82, 2.24) is 4.90 Å². The first-order valence-electron chi connectivity index (χ1n) is 6.41. The number of benzene rings is 1. The number of carbonyl (C=O) groups excluding carboxylic acids is 1. The molecule has 0 bridgehead atoms. The van der Waals surface area contributed by atoms with E-state index in [2.05, 4.69) is 0 Å². The average molecular weight is 294 g/mol. The molecule has 0 aliphatic carbocycles. The van der Waals surface area contributed by atoms with E-state index in [0.717, 1.165) is 42.1 Å². The van der Waals surface area contributed by atoms with E-state index < -0.39 is 0 Å². The highest BCUT2D eigenvalue weighted by molar-refractivity contribution is 7.99. The van der Waals surface area contributed by atoms with Crippen molar-refractivity contribution in [3.63, 3.8) is 0 Å². The van der Waals surface area contributed by atoms with Gasteiger partial charge in [0.1, 0.15) is 4.99 Å². The van der Waals surface area contributed by atoms with Crippen molar-refractivity contribution in [3.05, 3.63) is 35.4 Å². The van der Waals surface area contributed by atoms with Crippen molar-refractivity contribution in [1.29, 1.82) is 0 Å². The lowest BCUT2D eigenvalue weighted by Gasteiger charge is -2.20. The lowest BCUT2D eigenvalue weighted by molar-refractivity contribution is -0.130. The van der Waals surface area contributed by atoms with Gasteiger partial charge < -0.3 is 10.6 Å². The summed E-state index contributed by atoms with van der Waals surface area (Å²) in [5.41, 5.74) is 7.41. The van der Waals surface area contributed by atoms with Crippen molar-refractivity contribution in [3.8, 4) is 0 Å². The van der Waals surface area contributed by atoms with Crippen LogP contribution in [0.5, 0.6) is 0 Å². The van der Waals surface area contributed by atoms with Gasteiger partial charge in [0.2, 0.25) is 5.91 Å². The number of nitrogens with zero attached hydrogens (tertiary/aromatic N) is 1. The topological polar surface area (TPSA) is 46.3 Å². The summed E-state index contributed by atoms with van der Waals surface area (Å²) in [4.78, 5) is 14.6. The van der Waals surface area contributed by atoms with Gasteiger partial charge in [-0.1, -0.05) is 36.5 Å². The maximum Gasteiger partial charge on any atom is 0.227 e. The second kappa shape index (κ2) is 6.91. The molecule has 1 fully saturated rings. The van der Waals surface area contributed by atoms with Crippen LogP contribution < -0.4 is 5.73 Å². The first-order chi connectivity index (χ1) is 9.16. The molecule has 1 heterocycles. The third kappa shape index (κ3) is 4.21. The number of thiocarbonyl (C=S) groups is 1. The van der Waals surface area contributed by atoms with Crippen LogP contribution >= 0.6 is 24.0 Å². The van der Waals surface area contributed by atoms with E-state index in [4.69, 9.17) is 18.0 Å². The second-order valence-corrected chi connectivity index (χ2v) is 6.25. The van der Waals surface area contributed by atoms with Crippen molar-refractivity contribution < 1.29 is 4.79 Å². The number of amides is 1. The van der Waals surface area contributed by atoms with Gasteiger partial charge in [-0.05, 0) is 17.7 Å². The van der Waals surface area contributed by atoms with Gasteiger partial charge in [-0.3, -0.25) is 4.79 Å². The molecule has 0 spiro atoms. The zero-order valence-electron chi connectivity index (χ0n) is 10.8. The molecule has 0 radical (unpaired) electrons. The van der Waals surface area contributed by atoms with Gasteiger partial charge in [0.05, 0.1) is 6.42 Å². The van der Waals surface area contributed by atoms with Gasteiger partial charge in [-0.15, -0.1) is 0 Å². The Bertz CT molecular complexity index is 451. The van der Waals surface area contributed by atoms with Crippen LogP contribution in [-0.4, -0.2) is 40.4 Å². The van der Waals surface area contributed by atoms with Crippen LogP contribution in [0, 0.1) is 0 Å². The van der Waals surface area contributed by atoms with Crippen LogP contribution in [0.3, 0.4) is 0 Å². The van der Waals surface area contributed by atoms with Gasteiger partial charge in [0, 0.05) is 24.4 Å². The first kappa shape index (κ1) is 14.3. The maximum atomic E-state index is 12.2. The summed E-state index contributed by atoms with van der Waals surface area (Å²) < 4.78 is 0. The number of hydrogen-bond donors (Lipinski definition) is 1. The summed E-state index contributed by atoms with van der Waals surface area (Å²) in [6.07, 6.45) is 1.55. The van der Waals surface area contributed by atoms with Crippen LogP contribution in [0.4, 0.5) is 0 Å². The molecule has 102 valence electrons. The highest BCUT2D eigenvalue weighted by Gasteiger charge is 2.15. The first-order valence-corrected chi connectivity index (χ1v) is 7.97. The molecule has 0 atom stereocenters. The van der Waals surface area contributed by atoms with Crippen molar-refractivity contribution in [2.45, 2.75) is 12.8 Å². The summed E-state index contributed by atoms with van der Waals surface area (Å²) >= 11 is 6.84. The highest BCUT2D eigenvalue weighted by atomic mass is 32.2. The minimum atomic E-state index is 0.213. The fourth-order valence-corrected chi connectivity index (χ4v) is 3.09. The zero-order chi connectivity index (χ0) is 13.7. The smallest absolute Gasteiger partial charge is 0.227 e. The van der Waals surface area contributed by atoms with Gasteiger partial charge in [-0.25, -0.2) is 0 Å². The van der Waals surface area contributed by atoms with Crippen LogP contribution in [-0.2, 0) is 11.2 Å². The molecule has 0 aromatic heterocycles. The molecular formula is C14H18N2OS2. The van der Waals surface area contributed by atoms with Gasteiger partial charge in [0.15, 0.2) is 0 Å². The van der Waals surface area contributed by atoms with E-state index >= 15 is 0 Å². The molecule has 1 aliphatic heterocycles. The highest BCUT2D eigenvalue weighted by Crippen LogP contribution is 2.12. The van der Waals surface area contributed by atoms with E-state index in [0.29, 0.717) is 11.4 Å². The molecule has 1 amide bonds. The van der Waals surface area contributed by atoms with Crippen molar-refractivity contribution >= 4 is 34.9 Å². The molecule has 1 saturated heterocycles. The Labute approximate surface area is 123 Å². The molecule has 1 aliphatic rings. The van der Waals surface area contributed by atoms with E-state index in [9.17, 15) is 4.79 Å². The van der Waals surface area contributed by atoms with Crippen molar-refractivity contribution in [2.75, 3.05) is 24.6 Å². The molecule has 3 nitrogen and oxygen atoms in total. The molecule has 0 saturated carbocycles. The standard InChI is InChI=1S/C14H18N2OS2/c15-14(18)12-4-2-11(3-5-12)10-13(17)16-6-1-8-19-9-7-16/h2-5H,1,6-10H2,(H2,15,18). The number of nitrogens with two attached hydrogens (primary N) is 1. The Balaban J connectivity index is 1.95. The Morgan fingerprint density at radius 1 is 1.26 bits per heavy atom. The molecule has 1 aromatic carbocycles. The van der Waals surface area contributed by atoms with E-state index in [1.807, 2.05) is 40.9 Å². The predicted molar refractivity (Wildman–Crippen MR) is 84.6 cm³/mol. The number of rotatable bonds is 3. The molecule has 19 heavy (non-hydrogen) atoms. The van der Waals surface area contributed by atoms with Gasteiger partial charge in [-0.2, -0.15) is 11.8 Å². The minimum Gasteiger partial charge on any atom is -0.389 e. The van der Waals surface area contributed by atoms with Crippen LogP contribution in [0.2, 0.25) is 0 Å². The number of hydrogen-bond acceptors (Lipinski definition) is 3. The summed E-state index contributed by atoms with van der Waals surface area (Å²) in [5.74, 6) is 2.42. The third-order valence-electron chi connectivity index (χ3n) is 3.17. The quantitative estimate of drug-likeness (QED) is 0.864. The van der Waals surface area contributed by atoms with Gasteiger partial charge >= 0.3 is 0 Å². The Kier molecular flexibility index (Phi) is 5.22. The summed E-state index contributed by atoms with van der Waals surface area (Å²) in [6.45, 7) is 1.76. The van der Waals surface area contributed by atoms with Gasteiger partial charge in [0.25, 0.3) is 0 Å². The number of carbonyl (C=O) groups is 1. The fourth-order valence-electron chi connectivity index (χ4n) is 2.07. The monoisotopic (exact) mass is 294 g/mol. The molecule has 5 heteroatoms. The molecule has 2 N–H and O–H groups in total. The molecule has 0 unspecified atom stereocenters. The number of thioether (sulfide) groups is 1. The normalized spacial score (nSPS) is 15.9. The predicted octanol–water partition coefficient (Wildman–Crippen LogP) is 1.83. The van der Waals surface area contributed by atoms with Crippen LogP contribution in [0.15, 0.2) is 24.3 Å². The summed E-state index contributed by atoms with van der Waals surface area (Å²) in [7, 11) is 0. The lowest BCUT2D eigenvalue weighted by atomic mass is 10.1. The third-order valence-corrected chi connectivity index (χ3v) is 4.45. The van der Waals surface area contributed by atoms with E-state index in [1.54, 1.807) is 0 Å². The van der Waals surface area contributed by atoms with Crippen LogP contribution in [0.25, 0.3) is 0 Å². The maximum absolute atomic E-state index is 12.2. The Hall–Kier alpha value is -1.07. The second-order valence-electron chi connectivity index (χ2n) is 4.58. The fraction of sp³-hybridized carbons (Fsp3) is 0.429. The van der Waals surface area contributed by atoms with E-state index in [-0.39, 0.29) is 5.91 Å². The Morgan fingerprint density at radius 2 is 2.00 bits per heavy atom. The summed E-state index contributed by atoms with van der Waals surface area (Å²) in [5, 5.41) is 0. The molecule has 2 rings (SSSR count). The van der Waals surface area contributed by atoms with Crippen LogP contribution in [0.1, 0.15) is 17.5 Å². The van der Waals surface area contributed by atoms with Crippen molar-refractivity contribution in [2.24, 2.45) is 5.73 Å². The lowest BCUT2D eigenvalue weighted by Crippen LogP contribution is -2.34. The molecular weight excluding hydrogens is 276 g/mol. The minimum absolute atomic E-state index is 0.213. The SMILES string of the molecule is NC(=S)c1ccc(CC(=O)N2CCCSCC2)cc1. The largest absolute Gasteiger partial charge is 0.389 e. The zero-order valence-corrected chi connectivity index (χ0v) is 12.4. The Morgan fingerprint density at radius 3 is 2.68 bits per heavy atom. The summed E-state index contributed by atoms with van der Waals surface area (Å²) in [6, 6.07) is 7.62.